The molecule has 0 radical (unpaired) electrons. The van der Waals surface area contributed by atoms with Gasteiger partial charge in [-0.25, -0.2) is 0 Å². The molecule has 3 heteroatoms. The first-order valence-electron chi connectivity index (χ1n) is 4.68. The average Bonchev–Trinajstić information content (AvgIpc) is 2.23. The summed E-state index contributed by atoms with van der Waals surface area (Å²) in [6.45, 7) is 5.98. The third-order valence-electron chi connectivity index (χ3n) is 1.33. The molecule has 1 aromatic rings. The minimum Gasteiger partial charge on any atom is -0.372 e. The lowest BCUT2D eigenvalue weighted by atomic mass is 10.1. The summed E-state index contributed by atoms with van der Waals surface area (Å²) in [7, 11) is 0. The van der Waals surface area contributed by atoms with Gasteiger partial charge in [0.1, 0.15) is 0 Å². The normalized spacial score (nSPS) is 9.71. The van der Waals surface area contributed by atoms with Crippen molar-refractivity contribution in [3.05, 3.63) is 35.9 Å². The van der Waals surface area contributed by atoms with E-state index in [0.29, 0.717) is 0 Å². The van der Waals surface area contributed by atoms with Crippen molar-refractivity contribution in [2.75, 3.05) is 0 Å². The lowest BCUT2D eigenvalue weighted by Crippen LogP contribution is -2.03. The minimum atomic E-state index is 0.159. The number of carbonyl (C=O) groups excluding carboxylic acids is 1. The largest absolute Gasteiger partial charge is 0.372 e. The molecule has 0 spiro atoms. The van der Waals surface area contributed by atoms with Crippen molar-refractivity contribution < 1.29 is 4.79 Å². The van der Waals surface area contributed by atoms with Crippen LogP contribution >= 0.6 is 0 Å². The molecule has 0 heterocycles. The molecule has 0 bridgehead atoms. The zero-order valence-corrected chi connectivity index (χ0v) is 9.10. The summed E-state index contributed by atoms with van der Waals surface area (Å²) in [4.78, 5) is 8.58. The second-order valence-corrected chi connectivity index (χ2v) is 2.34. The van der Waals surface area contributed by atoms with Crippen molar-refractivity contribution in [1.29, 1.82) is 0 Å². The van der Waals surface area contributed by atoms with Crippen LogP contribution in [0.5, 0.6) is 0 Å². The van der Waals surface area contributed by atoms with Gasteiger partial charge in [0, 0.05) is 6.04 Å². The first-order chi connectivity index (χ1) is 6.72. The summed E-state index contributed by atoms with van der Waals surface area (Å²) in [6, 6.07) is 10.2. The highest BCUT2D eigenvalue weighted by molar-refractivity contribution is 5.42. The zero-order valence-electron chi connectivity index (χ0n) is 9.10. The topological polar surface area (TPSA) is 69.1 Å². The van der Waals surface area contributed by atoms with E-state index >= 15 is 0 Å². The van der Waals surface area contributed by atoms with Gasteiger partial charge in [0.15, 0.2) is 0 Å². The summed E-state index contributed by atoms with van der Waals surface area (Å²) in [5.74, 6) is 0. The van der Waals surface area contributed by atoms with Crippen LogP contribution in [0.15, 0.2) is 30.3 Å². The summed E-state index contributed by atoms with van der Waals surface area (Å²) in [5, 5.41) is 0. The van der Waals surface area contributed by atoms with Crippen molar-refractivity contribution in [2.45, 2.75) is 26.8 Å². The molecule has 0 aromatic heterocycles. The Morgan fingerprint density at radius 1 is 1.21 bits per heavy atom. The van der Waals surface area contributed by atoms with Crippen LogP contribution in [-0.2, 0) is 4.79 Å². The van der Waals surface area contributed by atoms with Crippen LogP contribution in [-0.4, -0.2) is 6.41 Å². The molecule has 0 aliphatic carbocycles. The van der Waals surface area contributed by atoms with Crippen LogP contribution in [0.4, 0.5) is 0 Å². The third kappa shape index (κ3) is 8.74. The van der Waals surface area contributed by atoms with E-state index in [1.807, 2.05) is 51.1 Å². The molecule has 1 rings (SSSR count). The molecule has 0 aliphatic heterocycles. The van der Waals surface area contributed by atoms with E-state index in [4.69, 9.17) is 10.5 Å². The Balaban J connectivity index is 0. The van der Waals surface area contributed by atoms with Crippen molar-refractivity contribution in [3.8, 4) is 0 Å². The number of nitrogens with two attached hydrogens (primary N) is 2. The van der Waals surface area contributed by atoms with Gasteiger partial charge in [-0.2, -0.15) is 0 Å². The summed E-state index contributed by atoms with van der Waals surface area (Å²) in [5.41, 5.74) is 11.0. The molecule has 0 fully saturated rings. The van der Waals surface area contributed by atoms with Crippen LogP contribution in [0, 0.1) is 0 Å². The van der Waals surface area contributed by atoms with Gasteiger partial charge in [-0.3, -0.25) is 4.79 Å². The van der Waals surface area contributed by atoms with Gasteiger partial charge in [-0.1, -0.05) is 44.2 Å². The number of rotatable bonds is 1. The molecule has 0 aliphatic rings. The average molecular weight is 196 g/mol. The Morgan fingerprint density at radius 2 is 1.57 bits per heavy atom. The number of primary amides is 1. The van der Waals surface area contributed by atoms with Crippen LogP contribution in [0.2, 0.25) is 0 Å². The Hall–Kier alpha value is -1.35. The summed E-state index contributed by atoms with van der Waals surface area (Å²) < 4.78 is 0. The maximum atomic E-state index is 8.58. The molecule has 4 N–H and O–H groups in total. The SMILES string of the molecule is CC.CC(N)c1ccccc1.NC=O. The molecule has 14 heavy (non-hydrogen) atoms. The molecule has 80 valence electrons. The second-order valence-electron chi connectivity index (χ2n) is 2.34. The molecule has 1 aromatic carbocycles. The molecule has 1 atom stereocenters. The van der Waals surface area contributed by atoms with Crippen LogP contribution in [0.3, 0.4) is 0 Å². The first kappa shape index (κ1) is 15.1. The number of hydrogen-bond acceptors (Lipinski definition) is 2. The van der Waals surface area contributed by atoms with E-state index in [2.05, 4.69) is 5.73 Å². The molecular formula is C11H20N2O. The van der Waals surface area contributed by atoms with Gasteiger partial charge in [-0.15, -0.1) is 0 Å². The fourth-order valence-electron chi connectivity index (χ4n) is 0.757. The Bertz CT molecular complexity index is 210. The molecule has 0 saturated heterocycles. The molecule has 1 amide bonds. The molecule has 3 nitrogen and oxygen atoms in total. The van der Waals surface area contributed by atoms with E-state index in [1.54, 1.807) is 0 Å². The van der Waals surface area contributed by atoms with E-state index < -0.39 is 0 Å². The Labute approximate surface area is 86.1 Å². The Morgan fingerprint density at radius 3 is 1.79 bits per heavy atom. The number of amides is 1. The van der Waals surface area contributed by atoms with Gasteiger partial charge in [-0.05, 0) is 12.5 Å². The van der Waals surface area contributed by atoms with E-state index in [0.717, 1.165) is 0 Å². The van der Waals surface area contributed by atoms with E-state index in [-0.39, 0.29) is 12.5 Å². The lowest BCUT2D eigenvalue weighted by molar-refractivity contribution is -0.106. The fourth-order valence-corrected chi connectivity index (χ4v) is 0.757. The van der Waals surface area contributed by atoms with Crippen LogP contribution < -0.4 is 11.5 Å². The predicted octanol–water partition coefficient (Wildman–Crippen LogP) is 1.83. The highest BCUT2D eigenvalue weighted by atomic mass is 16.1. The summed E-state index contributed by atoms with van der Waals surface area (Å²) in [6.07, 6.45) is 0.250. The number of carbonyl (C=O) groups is 1. The highest BCUT2D eigenvalue weighted by Crippen LogP contribution is 2.06. The summed E-state index contributed by atoms with van der Waals surface area (Å²) >= 11 is 0. The van der Waals surface area contributed by atoms with Crippen molar-refractivity contribution in [1.82, 2.24) is 0 Å². The fraction of sp³-hybridized carbons (Fsp3) is 0.364. The van der Waals surface area contributed by atoms with Gasteiger partial charge >= 0.3 is 0 Å². The quantitative estimate of drug-likeness (QED) is 0.673. The van der Waals surface area contributed by atoms with Crippen molar-refractivity contribution >= 4 is 6.41 Å². The maximum Gasteiger partial charge on any atom is 0.204 e. The predicted molar refractivity (Wildman–Crippen MR) is 60.6 cm³/mol. The standard InChI is InChI=1S/C8H11N.C2H6.CH3NO/c1-7(9)8-5-3-2-4-6-8;1-2;2-1-3/h2-7H,9H2,1H3;1-2H3;1H,(H2,2,3). The van der Waals surface area contributed by atoms with E-state index in [9.17, 15) is 0 Å². The third-order valence-corrected chi connectivity index (χ3v) is 1.33. The molecule has 0 saturated carbocycles. The van der Waals surface area contributed by atoms with Gasteiger partial charge in [0.2, 0.25) is 6.41 Å². The van der Waals surface area contributed by atoms with Crippen molar-refractivity contribution in [3.63, 3.8) is 0 Å². The number of hydrogen-bond donors (Lipinski definition) is 2. The van der Waals surface area contributed by atoms with Gasteiger partial charge in [0.25, 0.3) is 0 Å². The minimum absolute atomic E-state index is 0.159. The van der Waals surface area contributed by atoms with Crippen molar-refractivity contribution in [2.24, 2.45) is 11.5 Å². The van der Waals surface area contributed by atoms with Crippen LogP contribution in [0.25, 0.3) is 0 Å². The highest BCUT2D eigenvalue weighted by Gasteiger charge is 1.93. The first-order valence-corrected chi connectivity index (χ1v) is 4.68. The van der Waals surface area contributed by atoms with E-state index in [1.165, 1.54) is 5.56 Å². The smallest absolute Gasteiger partial charge is 0.204 e. The molecular weight excluding hydrogens is 176 g/mol. The second kappa shape index (κ2) is 11.6. The lowest BCUT2D eigenvalue weighted by Gasteiger charge is -2.02. The monoisotopic (exact) mass is 196 g/mol. The van der Waals surface area contributed by atoms with Gasteiger partial charge < -0.3 is 11.5 Å². The van der Waals surface area contributed by atoms with Gasteiger partial charge in [0.05, 0.1) is 0 Å². The maximum absolute atomic E-state index is 8.58. The number of benzene rings is 1. The molecule has 1 unspecified atom stereocenters. The van der Waals surface area contributed by atoms with Crippen LogP contribution in [0.1, 0.15) is 32.4 Å². The zero-order chi connectivity index (χ0) is 11.4. The Kier molecular flexibility index (Phi) is 12.6.